The Kier molecular flexibility index (Phi) is 4.68. The van der Waals surface area contributed by atoms with Crippen LogP contribution >= 0.6 is 11.3 Å². The second-order valence-corrected chi connectivity index (χ2v) is 5.28. The van der Waals surface area contributed by atoms with Gasteiger partial charge in [0.15, 0.2) is 0 Å². The molecule has 0 aromatic carbocycles. The number of aromatic nitrogens is 1. The van der Waals surface area contributed by atoms with Crippen LogP contribution < -0.4 is 5.32 Å². The maximum atomic E-state index is 11.5. The topological polar surface area (TPSA) is 54.5 Å². The molecule has 18 heavy (non-hydrogen) atoms. The average Bonchev–Trinajstić information content (AvgIpc) is 2.99. The Labute approximate surface area is 111 Å². The van der Waals surface area contributed by atoms with Gasteiger partial charge in [0.05, 0.1) is 12.3 Å². The third-order valence-corrected chi connectivity index (χ3v) is 3.94. The van der Waals surface area contributed by atoms with E-state index in [9.17, 15) is 4.79 Å². The third kappa shape index (κ3) is 3.28. The summed E-state index contributed by atoms with van der Waals surface area (Å²) in [5.41, 5.74) is 0.942. The number of likely N-dealkylation sites (N-methyl/N-ethyl adjacent to an activating group) is 1. The van der Waals surface area contributed by atoms with Crippen LogP contribution in [-0.4, -0.2) is 48.6 Å². The zero-order valence-electron chi connectivity index (χ0n) is 10.8. The summed E-state index contributed by atoms with van der Waals surface area (Å²) in [6.07, 6.45) is 1.17. The smallest absolute Gasteiger partial charge is 0.367 e. The normalized spacial score (nSPS) is 19.4. The molecule has 0 amide bonds. The van der Waals surface area contributed by atoms with E-state index in [0.29, 0.717) is 17.7 Å². The SMILES string of the molecule is CCOC(=O)c1nc(CN(C)C2CCNC2)cs1. The Morgan fingerprint density at radius 1 is 1.72 bits per heavy atom. The summed E-state index contributed by atoms with van der Waals surface area (Å²) in [6.45, 7) is 5.09. The lowest BCUT2D eigenvalue weighted by atomic mass is 10.2. The molecule has 1 saturated heterocycles. The highest BCUT2D eigenvalue weighted by molar-refractivity contribution is 7.11. The summed E-state index contributed by atoms with van der Waals surface area (Å²) in [6, 6.07) is 0.567. The quantitative estimate of drug-likeness (QED) is 0.812. The maximum Gasteiger partial charge on any atom is 0.367 e. The van der Waals surface area contributed by atoms with E-state index >= 15 is 0 Å². The molecule has 0 radical (unpaired) electrons. The van der Waals surface area contributed by atoms with Crippen LogP contribution in [0, 0.1) is 0 Å². The Balaban J connectivity index is 1.91. The molecule has 1 aliphatic rings. The number of esters is 1. The van der Waals surface area contributed by atoms with Crippen LogP contribution in [0.2, 0.25) is 0 Å². The number of nitrogens with one attached hydrogen (secondary N) is 1. The molecule has 100 valence electrons. The molecule has 1 aliphatic heterocycles. The van der Waals surface area contributed by atoms with E-state index in [0.717, 1.165) is 25.3 Å². The van der Waals surface area contributed by atoms with Crippen LogP contribution in [0.3, 0.4) is 0 Å². The minimum Gasteiger partial charge on any atom is -0.461 e. The van der Waals surface area contributed by atoms with Crippen molar-refractivity contribution in [3.05, 3.63) is 16.1 Å². The van der Waals surface area contributed by atoms with Gasteiger partial charge in [0.25, 0.3) is 0 Å². The van der Waals surface area contributed by atoms with Crippen LogP contribution in [0.25, 0.3) is 0 Å². The van der Waals surface area contributed by atoms with Crippen LogP contribution in [0.5, 0.6) is 0 Å². The zero-order valence-corrected chi connectivity index (χ0v) is 11.6. The number of hydrogen-bond acceptors (Lipinski definition) is 6. The molecular formula is C12H19N3O2S. The second kappa shape index (κ2) is 6.26. The van der Waals surface area contributed by atoms with Crippen LogP contribution in [0.1, 0.15) is 28.8 Å². The lowest BCUT2D eigenvalue weighted by Gasteiger charge is -2.22. The van der Waals surface area contributed by atoms with Crippen molar-refractivity contribution in [1.29, 1.82) is 0 Å². The molecule has 5 nitrogen and oxygen atoms in total. The number of thiazole rings is 1. The minimum atomic E-state index is -0.320. The fourth-order valence-corrected chi connectivity index (χ4v) is 2.77. The fraction of sp³-hybridized carbons (Fsp3) is 0.667. The van der Waals surface area contributed by atoms with Crippen molar-refractivity contribution in [1.82, 2.24) is 15.2 Å². The van der Waals surface area contributed by atoms with Gasteiger partial charge in [-0.25, -0.2) is 9.78 Å². The average molecular weight is 269 g/mol. The number of nitrogens with zero attached hydrogens (tertiary/aromatic N) is 2. The van der Waals surface area contributed by atoms with E-state index in [-0.39, 0.29) is 5.97 Å². The number of hydrogen-bond donors (Lipinski definition) is 1. The van der Waals surface area contributed by atoms with Gasteiger partial charge in [-0.1, -0.05) is 0 Å². The molecule has 6 heteroatoms. The van der Waals surface area contributed by atoms with E-state index in [1.807, 2.05) is 5.38 Å². The van der Waals surface area contributed by atoms with E-state index < -0.39 is 0 Å². The van der Waals surface area contributed by atoms with Crippen molar-refractivity contribution in [2.24, 2.45) is 0 Å². The summed E-state index contributed by atoms with van der Waals surface area (Å²) in [4.78, 5) is 18.1. The fourth-order valence-electron chi connectivity index (χ4n) is 2.07. The summed E-state index contributed by atoms with van der Waals surface area (Å²) in [7, 11) is 2.10. The van der Waals surface area contributed by atoms with E-state index in [2.05, 4.69) is 22.2 Å². The number of rotatable bonds is 5. The molecule has 1 N–H and O–H groups in total. The van der Waals surface area contributed by atoms with Gasteiger partial charge >= 0.3 is 5.97 Å². The van der Waals surface area contributed by atoms with Crippen molar-refractivity contribution >= 4 is 17.3 Å². The predicted octanol–water partition coefficient (Wildman–Crippen LogP) is 1.11. The Morgan fingerprint density at radius 3 is 3.22 bits per heavy atom. The summed E-state index contributed by atoms with van der Waals surface area (Å²) in [5, 5.41) is 5.73. The second-order valence-electron chi connectivity index (χ2n) is 4.43. The summed E-state index contributed by atoms with van der Waals surface area (Å²) < 4.78 is 4.93. The first-order chi connectivity index (χ1) is 8.70. The molecule has 1 aromatic heterocycles. The predicted molar refractivity (Wildman–Crippen MR) is 70.8 cm³/mol. The van der Waals surface area contributed by atoms with Gasteiger partial charge in [0.1, 0.15) is 0 Å². The third-order valence-electron chi connectivity index (χ3n) is 3.07. The molecule has 0 aliphatic carbocycles. The first-order valence-electron chi connectivity index (χ1n) is 6.23. The first-order valence-corrected chi connectivity index (χ1v) is 7.11. The molecule has 1 unspecified atom stereocenters. The highest BCUT2D eigenvalue weighted by Gasteiger charge is 2.20. The Hall–Kier alpha value is -0.980. The Bertz CT molecular complexity index is 402. The number of ether oxygens (including phenoxy) is 1. The minimum absolute atomic E-state index is 0.320. The molecule has 2 rings (SSSR count). The van der Waals surface area contributed by atoms with Crippen LogP contribution in [0.15, 0.2) is 5.38 Å². The van der Waals surface area contributed by atoms with Gasteiger partial charge in [-0.2, -0.15) is 0 Å². The van der Waals surface area contributed by atoms with Crippen molar-refractivity contribution in [2.45, 2.75) is 25.9 Å². The lowest BCUT2D eigenvalue weighted by Crippen LogP contribution is -2.32. The number of carbonyl (C=O) groups excluding carboxylic acids is 1. The molecule has 2 heterocycles. The lowest BCUT2D eigenvalue weighted by molar-refractivity contribution is 0.0525. The van der Waals surface area contributed by atoms with Gasteiger partial charge < -0.3 is 10.1 Å². The van der Waals surface area contributed by atoms with Crippen molar-refractivity contribution in [3.63, 3.8) is 0 Å². The number of carbonyl (C=O) groups is 1. The van der Waals surface area contributed by atoms with Crippen LogP contribution in [0.4, 0.5) is 0 Å². The largest absolute Gasteiger partial charge is 0.461 e. The molecular weight excluding hydrogens is 250 g/mol. The highest BCUT2D eigenvalue weighted by Crippen LogP contribution is 2.15. The molecule has 0 saturated carbocycles. The molecule has 0 spiro atoms. The summed E-state index contributed by atoms with van der Waals surface area (Å²) >= 11 is 1.35. The van der Waals surface area contributed by atoms with Crippen LogP contribution in [-0.2, 0) is 11.3 Å². The van der Waals surface area contributed by atoms with Crippen molar-refractivity contribution in [3.8, 4) is 0 Å². The van der Waals surface area contributed by atoms with Gasteiger partial charge in [-0.15, -0.1) is 11.3 Å². The van der Waals surface area contributed by atoms with Gasteiger partial charge in [0, 0.05) is 24.5 Å². The molecule has 1 aromatic rings. The monoisotopic (exact) mass is 269 g/mol. The zero-order chi connectivity index (χ0) is 13.0. The van der Waals surface area contributed by atoms with Crippen molar-refractivity contribution < 1.29 is 9.53 Å². The van der Waals surface area contributed by atoms with Gasteiger partial charge in [-0.3, -0.25) is 4.90 Å². The van der Waals surface area contributed by atoms with E-state index in [1.54, 1.807) is 6.92 Å². The summed E-state index contributed by atoms with van der Waals surface area (Å²) in [5.74, 6) is -0.320. The standard InChI is InChI=1S/C12H19N3O2S/c1-3-17-12(16)11-14-9(8-18-11)7-15(2)10-4-5-13-6-10/h8,10,13H,3-7H2,1-2H3. The maximum absolute atomic E-state index is 11.5. The molecule has 1 atom stereocenters. The Morgan fingerprint density at radius 2 is 2.56 bits per heavy atom. The van der Waals surface area contributed by atoms with Crippen molar-refractivity contribution in [2.75, 3.05) is 26.7 Å². The van der Waals surface area contributed by atoms with Gasteiger partial charge in [-0.05, 0) is 26.9 Å². The van der Waals surface area contributed by atoms with Gasteiger partial charge in [0.2, 0.25) is 5.01 Å². The molecule has 0 bridgehead atoms. The highest BCUT2D eigenvalue weighted by atomic mass is 32.1. The van der Waals surface area contributed by atoms with E-state index in [1.165, 1.54) is 17.8 Å². The molecule has 1 fully saturated rings. The van der Waals surface area contributed by atoms with E-state index in [4.69, 9.17) is 4.74 Å². The first kappa shape index (κ1) is 13.5.